The molecule has 0 unspecified atom stereocenters. The zero-order valence-corrected chi connectivity index (χ0v) is 9.65. The number of halogens is 1. The summed E-state index contributed by atoms with van der Waals surface area (Å²) >= 11 is 0. The van der Waals surface area contributed by atoms with E-state index in [0.29, 0.717) is 12.6 Å². The van der Waals surface area contributed by atoms with E-state index in [4.69, 9.17) is 0 Å². The van der Waals surface area contributed by atoms with Crippen molar-refractivity contribution in [3.8, 4) is 0 Å². The van der Waals surface area contributed by atoms with Gasteiger partial charge < -0.3 is 5.32 Å². The highest BCUT2D eigenvalue weighted by Gasteiger charge is 2.26. The molecule has 0 bridgehead atoms. The normalized spacial score (nSPS) is 21.4. The fraction of sp³-hybridized carbons (Fsp3) is 1.00. The average Bonchev–Trinajstić information content (AvgIpc) is 2.14. The Morgan fingerprint density at radius 3 is 2.29 bits per heavy atom. The summed E-state index contributed by atoms with van der Waals surface area (Å²) in [5, 5.41) is 3.24. The topological polar surface area (TPSA) is 15.3 Å². The van der Waals surface area contributed by atoms with E-state index in [1.165, 1.54) is 0 Å². The van der Waals surface area contributed by atoms with E-state index in [1.807, 2.05) is 0 Å². The third-order valence-electron chi connectivity index (χ3n) is 2.97. The SMILES string of the molecule is CC(C)(C)N1CCC(NCCF)CC1. The van der Waals surface area contributed by atoms with Gasteiger partial charge in [-0.25, -0.2) is 4.39 Å². The number of nitrogens with zero attached hydrogens (tertiary/aromatic N) is 1. The highest BCUT2D eigenvalue weighted by molar-refractivity contribution is 4.84. The predicted molar refractivity (Wildman–Crippen MR) is 58.3 cm³/mol. The number of piperidine rings is 1. The molecule has 0 amide bonds. The Morgan fingerprint density at radius 2 is 1.86 bits per heavy atom. The van der Waals surface area contributed by atoms with Crippen LogP contribution in [0.3, 0.4) is 0 Å². The van der Waals surface area contributed by atoms with E-state index < -0.39 is 0 Å². The van der Waals surface area contributed by atoms with Crippen molar-refractivity contribution in [1.29, 1.82) is 0 Å². The van der Waals surface area contributed by atoms with Gasteiger partial charge >= 0.3 is 0 Å². The van der Waals surface area contributed by atoms with Crippen molar-refractivity contribution in [2.75, 3.05) is 26.3 Å². The van der Waals surface area contributed by atoms with Gasteiger partial charge in [0.05, 0.1) is 0 Å². The van der Waals surface area contributed by atoms with E-state index in [9.17, 15) is 4.39 Å². The smallest absolute Gasteiger partial charge is 0.102 e. The number of alkyl halides is 1. The second kappa shape index (κ2) is 5.08. The van der Waals surface area contributed by atoms with E-state index >= 15 is 0 Å². The van der Waals surface area contributed by atoms with Gasteiger partial charge in [0.1, 0.15) is 6.67 Å². The first-order chi connectivity index (χ1) is 6.54. The standard InChI is InChI=1S/C11H23FN2/c1-11(2,3)14-8-4-10(5-9-14)13-7-6-12/h10,13H,4-9H2,1-3H3. The van der Waals surface area contributed by atoms with Crippen LogP contribution in [0.15, 0.2) is 0 Å². The number of rotatable bonds is 3. The Morgan fingerprint density at radius 1 is 1.29 bits per heavy atom. The van der Waals surface area contributed by atoms with Crippen LogP contribution in [0.1, 0.15) is 33.6 Å². The molecule has 1 aliphatic rings. The molecule has 1 rings (SSSR count). The summed E-state index contributed by atoms with van der Waals surface area (Å²) in [6.07, 6.45) is 2.30. The van der Waals surface area contributed by atoms with Crippen LogP contribution in [0.25, 0.3) is 0 Å². The van der Waals surface area contributed by atoms with Crippen molar-refractivity contribution in [1.82, 2.24) is 10.2 Å². The minimum atomic E-state index is -0.251. The van der Waals surface area contributed by atoms with Crippen molar-refractivity contribution in [3.63, 3.8) is 0 Å². The summed E-state index contributed by atoms with van der Waals surface area (Å²) < 4.78 is 11.9. The molecule has 0 aromatic heterocycles. The third kappa shape index (κ3) is 3.54. The van der Waals surface area contributed by atoms with Crippen LogP contribution in [0.4, 0.5) is 4.39 Å². The van der Waals surface area contributed by atoms with Crippen molar-refractivity contribution in [2.24, 2.45) is 0 Å². The molecular formula is C11H23FN2. The first-order valence-corrected chi connectivity index (χ1v) is 5.58. The van der Waals surface area contributed by atoms with Crippen LogP contribution < -0.4 is 5.32 Å². The highest BCUT2D eigenvalue weighted by Crippen LogP contribution is 2.19. The maximum atomic E-state index is 11.9. The van der Waals surface area contributed by atoms with Gasteiger partial charge in [-0.1, -0.05) is 0 Å². The zero-order chi connectivity index (χ0) is 10.6. The Kier molecular flexibility index (Phi) is 4.32. The Bertz CT molecular complexity index is 157. The molecule has 0 aromatic carbocycles. The number of nitrogens with one attached hydrogen (secondary N) is 1. The van der Waals surface area contributed by atoms with Crippen molar-refractivity contribution >= 4 is 0 Å². The van der Waals surface area contributed by atoms with Crippen LogP contribution in [0.5, 0.6) is 0 Å². The Balaban J connectivity index is 2.24. The lowest BCUT2D eigenvalue weighted by atomic mass is 9.98. The van der Waals surface area contributed by atoms with Gasteiger partial charge in [-0.05, 0) is 33.6 Å². The van der Waals surface area contributed by atoms with Gasteiger partial charge in [0, 0.05) is 31.2 Å². The molecule has 1 N–H and O–H groups in total. The lowest BCUT2D eigenvalue weighted by Gasteiger charge is -2.41. The molecule has 0 spiro atoms. The molecular weight excluding hydrogens is 179 g/mol. The summed E-state index contributed by atoms with van der Waals surface area (Å²) in [5.41, 5.74) is 0.283. The van der Waals surface area contributed by atoms with Gasteiger partial charge in [-0.2, -0.15) is 0 Å². The van der Waals surface area contributed by atoms with Gasteiger partial charge in [0.15, 0.2) is 0 Å². The second-order valence-electron chi connectivity index (χ2n) is 5.08. The Labute approximate surface area is 86.9 Å². The zero-order valence-electron chi connectivity index (χ0n) is 9.65. The van der Waals surface area contributed by atoms with Crippen molar-refractivity contribution in [2.45, 2.75) is 45.2 Å². The van der Waals surface area contributed by atoms with Gasteiger partial charge in [-0.3, -0.25) is 4.90 Å². The fourth-order valence-electron chi connectivity index (χ4n) is 2.01. The van der Waals surface area contributed by atoms with Crippen LogP contribution >= 0.6 is 0 Å². The molecule has 1 aliphatic heterocycles. The molecule has 1 heterocycles. The van der Waals surface area contributed by atoms with Crippen molar-refractivity contribution in [3.05, 3.63) is 0 Å². The van der Waals surface area contributed by atoms with E-state index in [1.54, 1.807) is 0 Å². The molecule has 0 aliphatic carbocycles. The van der Waals surface area contributed by atoms with Gasteiger partial charge in [-0.15, -0.1) is 0 Å². The molecule has 1 fully saturated rings. The minimum absolute atomic E-state index is 0.251. The summed E-state index contributed by atoms with van der Waals surface area (Å²) in [5.74, 6) is 0. The predicted octanol–water partition coefficient (Wildman–Crippen LogP) is 1.81. The van der Waals surface area contributed by atoms with Crippen LogP contribution in [0.2, 0.25) is 0 Å². The van der Waals surface area contributed by atoms with Gasteiger partial charge in [0.2, 0.25) is 0 Å². The molecule has 0 atom stereocenters. The average molecular weight is 202 g/mol. The largest absolute Gasteiger partial charge is 0.311 e. The van der Waals surface area contributed by atoms with E-state index in [2.05, 4.69) is 31.0 Å². The second-order valence-corrected chi connectivity index (χ2v) is 5.08. The first kappa shape index (κ1) is 11.9. The first-order valence-electron chi connectivity index (χ1n) is 5.58. The summed E-state index contributed by atoms with van der Waals surface area (Å²) in [6, 6.07) is 0.532. The number of hydrogen-bond donors (Lipinski definition) is 1. The molecule has 84 valence electrons. The quantitative estimate of drug-likeness (QED) is 0.751. The number of hydrogen-bond acceptors (Lipinski definition) is 2. The lowest BCUT2D eigenvalue weighted by Crippen LogP contribution is -2.50. The summed E-state index contributed by atoms with van der Waals surface area (Å²) in [6.45, 7) is 9.29. The Hall–Kier alpha value is -0.150. The molecule has 3 heteroatoms. The van der Waals surface area contributed by atoms with E-state index in [-0.39, 0.29) is 12.2 Å². The highest BCUT2D eigenvalue weighted by atomic mass is 19.1. The summed E-state index contributed by atoms with van der Waals surface area (Å²) in [4.78, 5) is 2.50. The van der Waals surface area contributed by atoms with Crippen LogP contribution in [-0.4, -0.2) is 42.8 Å². The third-order valence-corrected chi connectivity index (χ3v) is 2.97. The van der Waals surface area contributed by atoms with Crippen LogP contribution in [0, 0.1) is 0 Å². The monoisotopic (exact) mass is 202 g/mol. The molecule has 1 saturated heterocycles. The minimum Gasteiger partial charge on any atom is -0.311 e. The number of likely N-dealkylation sites (tertiary alicyclic amines) is 1. The van der Waals surface area contributed by atoms with Crippen LogP contribution in [-0.2, 0) is 0 Å². The molecule has 0 aromatic rings. The molecule has 2 nitrogen and oxygen atoms in total. The molecule has 0 radical (unpaired) electrons. The maximum absolute atomic E-state index is 11.9. The fourth-order valence-corrected chi connectivity index (χ4v) is 2.01. The molecule has 14 heavy (non-hydrogen) atoms. The summed E-state index contributed by atoms with van der Waals surface area (Å²) in [7, 11) is 0. The lowest BCUT2D eigenvalue weighted by molar-refractivity contribution is 0.0960. The molecule has 0 saturated carbocycles. The van der Waals surface area contributed by atoms with E-state index in [0.717, 1.165) is 25.9 Å². The van der Waals surface area contributed by atoms with Gasteiger partial charge in [0.25, 0.3) is 0 Å². The van der Waals surface area contributed by atoms with Crippen molar-refractivity contribution < 1.29 is 4.39 Å². The maximum Gasteiger partial charge on any atom is 0.102 e.